The zero-order chi connectivity index (χ0) is 36.0. The third-order valence-electron chi connectivity index (χ3n) is 4.26. The molecular weight excluding hydrogens is 962 g/mol. The van der Waals surface area contributed by atoms with Crippen molar-refractivity contribution in [1.82, 2.24) is 31.0 Å². The number of hydrogen-bond acceptors (Lipinski definition) is 12. The van der Waals surface area contributed by atoms with E-state index < -0.39 is 60.2 Å². The molecule has 1 unspecified atom stereocenters. The van der Waals surface area contributed by atoms with Gasteiger partial charge < -0.3 is 126 Å². The minimum atomic E-state index is -5.25. The van der Waals surface area contributed by atoms with Gasteiger partial charge in [0.1, 0.15) is 22.5 Å². The fourth-order valence-electron chi connectivity index (χ4n) is 2.55. The van der Waals surface area contributed by atoms with Crippen molar-refractivity contribution in [2.45, 2.75) is 16.6 Å². The Balaban J connectivity index is -0.000000765. The Morgan fingerprint density at radius 2 is 1.21 bits per heavy atom. The molecule has 28 heteroatoms. The molecule has 0 spiro atoms. The van der Waals surface area contributed by atoms with Crippen LogP contribution < -0.4 is 27.0 Å². The summed E-state index contributed by atoms with van der Waals surface area (Å²) in [6.45, 7) is 2.66. The van der Waals surface area contributed by atoms with Crippen molar-refractivity contribution in [2.75, 3.05) is 31.9 Å². The molecule has 1 aromatic carbocycles. The Hall–Kier alpha value is -0.387. The number of rotatable bonds is 8. The number of thiocarbonyl (C=S) groups is 4. The molecule has 0 aliphatic carbocycles. The van der Waals surface area contributed by atoms with Gasteiger partial charge >= 0.3 is 48.2 Å². The van der Waals surface area contributed by atoms with Gasteiger partial charge in [-0.15, -0.1) is 0 Å². The van der Waals surface area contributed by atoms with E-state index in [0.717, 1.165) is 0 Å². The second-order valence-electron chi connectivity index (χ2n) is 7.44. The van der Waals surface area contributed by atoms with Crippen LogP contribution in [0, 0.1) is 11.3 Å². The van der Waals surface area contributed by atoms with Crippen LogP contribution in [0.3, 0.4) is 0 Å². The van der Waals surface area contributed by atoms with Crippen LogP contribution in [0.25, 0.3) is 5.69 Å². The van der Waals surface area contributed by atoms with Crippen molar-refractivity contribution < 1.29 is 67.1 Å². The van der Waals surface area contributed by atoms with Gasteiger partial charge in [0.05, 0.1) is 15.6 Å². The Labute approximate surface area is 350 Å². The molecule has 0 aliphatic rings. The first-order valence-electron chi connectivity index (χ1n) is 11.2. The number of nitrogen functional groups attached to an aromatic ring is 1. The summed E-state index contributed by atoms with van der Waals surface area (Å²) in [5.41, 5.74) is -2.42. The van der Waals surface area contributed by atoms with E-state index in [1.54, 1.807) is 0 Å². The predicted molar refractivity (Wildman–Crippen MR) is 192 cm³/mol. The minimum Gasteiger partial charge on any atom is -0.412 e. The summed E-state index contributed by atoms with van der Waals surface area (Å²) in [4.78, 5) is -1.15. The molecule has 1 atom stereocenters. The molecule has 48 heavy (non-hydrogen) atoms. The van der Waals surface area contributed by atoms with Gasteiger partial charge in [-0.2, -0.15) is 36.7 Å². The number of nitriles is 1. The second kappa shape index (κ2) is 24.7. The fourth-order valence-corrected chi connectivity index (χ4v) is 4.78. The summed E-state index contributed by atoms with van der Waals surface area (Å²) in [6, 6.07) is 2.19. The first-order valence-corrected chi connectivity index (χ1v) is 16.3. The normalized spacial score (nSPS) is 10.8. The zero-order valence-electron chi connectivity index (χ0n) is 23.1. The quantitative estimate of drug-likeness (QED) is 0.0861. The first-order chi connectivity index (χ1) is 21.0. The van der Waals surface area contributed by atoms with E-state index in [1.807, 2.05) is 0 Å². The molecule has 0 saturated heterocycles. The second-order valence-corrected chi connectivity index (χ2v) is 14.0. The number of alkyl halides is 6. The minimum absolute atomic E-state index is 0. The number of nitrogens with two attached hydrogens (primary N) is 1. The van der Waals surface area contributed by atoms with E-state index in [-0.39, 0.29) is 36.5 Å². The zero-order valence-corrected chi connectivity index (χ0v) is 36.1. The topological polar surface area (TPSA) is 133 Å². The molecule has 1 aromatic heterocycles. The van der Waals surface area contributed by atoms with Crippen molar-refractivity contribution in [1.29, 1.82) is 5.26 Å². The van der Waals surface area contributed by atoms with E-state index in [4.69, 9.17) is 34.2 Å². The van der Waals surface area contributed by atoms with E-state index in [1.165, 1.54) is 6.07 Å². The maximum atomic E-state index is 12.7. The number of aromatic nitrogens is 2. The number of nitrogens with zero attached hydrogens (tertiary/aromatic N) is 3. The number of benzene rings is 1. The molecule has 1 heterocycles. The number of anilines is 1. The van der Waals surface area contributed by atoms with Gasteiger partial charge in [-0.1, -0.05) is 40.5 Å². The molecule has 9 nitrogen and oxygen atoms in total. The van der Waals surface area contributed by atoms with Crippen LogP contribution in [0.15, 0.2) is 17.0 Å². The van der Waals surface area contributed by atoms with Crippen LogP contribution in [0.4, 0.5) is 32.2 Å². The van der Waals surface area contributed by atoms with Crippen LogP contribution in [-0.4, -0.2) is 63.0 Å². The Morgan fingerprint density at radius 3 is 1.46 bits per heavy atom. The summed E-state index contributed by atoms with van der Waals surface area (Å²) in [7, 11) is -3.71. The number of halogens is 8. The molecule has 0 bridgehead atoms. The average molecular weight is 978 g/mol. The molecule has 261 valence electrons. The van der Waals surface area contributed by atoms with E-state index in [9.17, 15) is 30.6 Å². The van der Waals surface area contributed by atoms with Crippen molar-refractivity contribution in [3.05, 3.63) is 33.4 Å². The third kappa shape index (κ3) is 19.9. The van der Waals surface area contributed by atoms with Crippen LogP contribution >= 0.6 is 72.1 Å². The van der Waals surface area contributed by atoms with Gasteiger partial charge in [-0.05, 0) is 12.1 Å². The standard InChI is InChI=1S/C12H4Cl2F6N4OS.2C4H8N2S4.Mn.Zn/c13-5-1-4(11(15,16)17)2-6(14)8(5)24-10(22)9(7(3-21)23-24)26(25)12(18,19)20;2*7-3(8)5-1-2-6-4(9)10;;/h1-2H,22H2;2*1-2H2,(H2,5,7,8)(H2,6,9,10);;/q;;;2*+2/p-4. The fraction of sp³-hybridized carbons (Fsp3) is 0.300. The molecule has 0 amide bonds. The van der Waals surface area contributed by atoms with Gasteiger partial charge in [0.2, 0.25) is 0 Å². The largest absolute Gasteiger partial charge is 2.00 e. The molecule has 1 radical (unpaired) electrons. The summed E-state index contributed by atoms with van der Waals surface area (Å²) < 4.78 is 89.8. The smallest absolute Gasteiger partial charge is 0.412 e. The molecule has 2 rings (SSSR count). The van der Waals surface area contributed by atoms with Crippen molar-refractivity contribution >= 4 is 156 Å². The summed E-state index contributed by atoms with van der Waals surface area (Å²) in [5, 5.41) is 22.2. The average Bonchev–Trinajstić information content (AvgIpc) is 3.23. The van der Waals surface area contributed by atoms with Crippen LogP contribution in [0.1, 0.15) is 11.3 Å². The van der Waals surface area contributed by atoms with Crippen LogP contribution in [0.2, 0.25) is 10.0 Å². The third-order valence-corrected chi connectivity index (χ3v) is 7.19. The summed E-state index contributed by atoms with van der Waals surface area (Å²) in [6.07, 6.45) is -4.79. The molecule has 0 fully saturated rings. The van der Waals surface area contributed by atoms with E-state index in [0.29, 0.717) is 60.3 Å². The molecule has 0 aliphatic heterocycles. The van der Waals surface area contributed by atoms with Gasteiger partial charge in [0.15, 0.2) is 16.5 Å². The van der Waals surface area contributed by atoms with Gasteiger partial charge in [0, 0.05) is 26.2 Å². The van der Waals surface area contributed by atoms with E-state index in [2.05, 4.69) is 126 Å². The van der Waals surface area contributed by atoms with E-state index >= 15 is 0 Å². The van der Waals surface area contributed by atoms with Gasteiger partial charge in [-0.3, -0.25) is 0 Å². The molecule has 2 aromatic rings. The van der Waals surface area contributed by atoms with Crippen molar-refractivity contribution in [3.8, 4) is 11.8 Å². The van der Waals surface area contributed by atoms with Gasteiger partial charge in [-0.25, -0.2) is 8.89 Å². The monoisotopic (exact) mass is 975 g/mol. The van der Waals surface area contributed by atoms with Crippen LogP contribution in [-0.2, 0) is 104 Å². The van der Waals surface area contributed by atoms with Crippen molar-refractivity contribution in [3.63, 3.8) is 0 Å². The molecular formula is C20H16Cl2F6MnN8OS9Zn. The van der Waals surface area contributed by atoms with Crippen LogP contribution in [0.5, 0.6) is 0 Å². The summed E-state index contributed by atoms with van der Waals surface area (Å²) in [5.74, 6) is -0.902. The Morgan fingerprint density at radius 1 is 0.875 bits per heavy atom. The maximum absolute atomic E-state index is 12.7. The number of hydrogen-bond donors (Lipinski definition) is 5. The maximum Gasteiger partial charge on any atom is 2.00 e. The Kier molecular flexibility index (Phi) is 26.8. The number of nitrogens with one attached hydrogen (secondary N) is 4. The SMILES string of the molecule is N#Cc1nn(-c2c(Cl)cc(C(F)(F)F)cc2Cl)c(N)c1S(=O)C(F)(F)F.S=C([S-])NCCNC(=S)[S-].S=C([S-])NCCNC(=S)[S-].[Mn+2].[Zn+2]. The summed E-state index contributed by atoms with van der Waals surface area (Å²) >= 11 is 48.2. The predicted octanol–water partition coefficient (Wildman–Crippen LogP) is 3.93. The molecule has 0 saturated carbocycles. The first kappa shape index (κ1) is 52.0. The Bertz CT molecular complexity index is 1410. The van der Waals surface area contributed by atoms with Gasteiger partial charge in [0.25, 0.3) is 0 Å². The molecule has 6 N–H and O–H groups in total. The van der Waals surface area contributed by atoms with Crippen molar-refractivity contribution in [2.24, 2.45) is 0 Å².